The van der Waals surface area contributed by atoms with Crippen LogP contribution in [0.4, 0.5) is 5.13 Å². The number of carbonyl (C=O) groups excluding carboxylic acids is 2. The van der Waals surface area contributed by atoms with Crippen molar-refractivity contribution < 1.29 is 14.3 Å². The molecule has 7 nitrogen and oxygen atoms in total. The van der Waals surface area contributed by atoms with Crippen LogP contribution >= 0.6 is 34.6 Å². The lowest BCUT2D eigenvalue weighted by Crippen LogP contribution is -2.13. The molecule has 0 aliphatic carbocycles. The first-order chi connectivity index (χ1) is 14.9. The Bertz CT molecular complexity index is 1110. The van der Waals surface area contributed by atoms with Crippen molar-refractivity contribution in [1.82, 2.24) is 9.36 Å². The summed E-state index contributed by atoms with van der Waals surface area (Å²) in [5.74, 6) is 0.765. The van der Waals surface area contributed by atoms with Gasteiger partial charge in [-0.2, -0.15) is 14.6 Å². The second-order valence-electron chi connectivity index (χ2n) is 6.65. The van der Waals surface area contributed by atoms with Gasteiger partial charge in [-0.1, -0.05) is 43.8 Å². The van der Waals surface area contributed by atoms with Gasteiger partial charge in [-0.15, -0.1) is 11.3 Å². The van der Waals surface area contributed by atoms with Crippen molar-refractivity contribution in [3.05, 3.63) is 57.8 Å². The topological polar surface area (TPSA) is 105 Å². The van der Waals surface area contributed by atoms with E-state index in [4.69, 9.17) is 4.74 Å². The highest BCUT2D eigenvalue weighted by Crippen LogP contribution is 2.23. The van der Waals surface area contributed by atoms with E-state index in [1.54, 1.807) is 41.8 Å². The molecule has 0 unspecified atom stereocenters. The number of nitrogens with zero attached hydrogens (tertiary/aromatic N) is 3. The van der Waals surface area contributed by atoms with Crippen LogP contribution in [-0.2, 0) is 4.79 Å². The van der Waals surface area contributed by atoms with Gasteiger partial charge in [0.05, 0.1) is 0 Å². The monoisotopic (exact) mass is 470 g/mol. The number of thiophene rings is 1. The molecule has 0 aliphatic heterocycles. The van der Waals surface area contributed by atoms with Gasteiger partial charge in [0, 0.05) is 17.3 Å². The maximum Gasteiger partial charge on any atom is 0.353 e. The number of carbonyl (C=O) groups is 2. The zero-order valence-electron chi connectivity index (χ0n) is 16.7. The molecule has 0 bridgehead atoms. The van der Waals surface area contributed by atoms with Crippen LogP contribution in [0.1, 0.15) is 29.1 Å². The molecule has 2 heterocycles. The van der Waals surface area contributed by atoms with Crippen LogP contribution < -0.4 is 10.1 Å². The largest absolute Gasteiger partial charge is 0.422 e. The minimum Gasteiger partial charge on any atom is -0.422 e. The van der Waals surface area contributed by atoms with Gasteiger partial charge in [0.15, 0.2) is 0 Å². The minimum atomic E-state index is -0.563. The zero-order valence-corrected chi connectivity index (χ0v) is 19.1. The molecule has 0 atom stereocenters. The number of benzene rings is 1. The Kier molecular flexibility index (Phi) is 7.94. The molecule has 31 heavy (non-hydrogen) atoms. The van der Waals surface area contributed by atoms with Crippen molar-refractivity contribution in [2.24, 2.45) is 5.92 Å². The Labute approximate surface area is 192 Å². The summed E-state index contributed by atoms with van der Waals surface area (Å²) in [6.45, 7) is 4.21. The number of thioether (sulfide) groups is 1. The maximum atomic E-state index is 12.4. The molecule has 158 valence electrons. The number of anilines is 1. The second kappa shape index (κ2) is 10.9. The number of esters is 1. The standard InChI is InChI=1S/C21H18N4O3S3/c1-13(2)12-30-21-24-20(31-25-21)23-18(26)15(11-22)10-14-5-7-16(8-6-14)28-19(27)17-4-3-9-29-17/h3-10,13H,12H2,1-2H3,(H,23,24,25,26). The van der Waals surface area contributed by atoms with E-state index in [9.17, 15) is 14.9 Å². The Hall–Kier alpha value is -3.00. The van der Waals surface area contributed by atoms with Crippen LogP contribution in [0.15, 0.2) is 52.5 Å². The van der Waals surface area contributed by atoms with Crippen molar-refractivity contribution in [1.29, 1.82) is 5.26 Å². The van der Waals surface area contributed by atoms with Crippen molar-refractivity contribution in [3.63, 3.8) is 0 Å². The number of hydrogen-bond acceptors (Lipinski definition) is 9. The Morgan fingerprint density at radius 2 is 2.06 bits per heavy atom. The fraction of sp³-hybridized carbons (Fsp3) is 0.190. The number of aromatic nitrogens is 2. The first-order valence-electron chi connectivity index (χ1n) is 9.20. The molecule has 0 radical (unpaired) electrons. The average molecular weight is 471 g/mol. The fourth-order valence-corrected chi connectivity index (χ4v) is 4.31. The molecule has 0 spiro atoms. The molecule has 0 saturated carbocycles. The van der Waals surface area contributed by atoms with Gasteiger partial charge in [-0.3, -0.25) is 10.1 Å². The van der Waals surface area contributed by atoms with Crippen molar-refractivity contribution in [3.8, 4) is 11.8 Å². The molecule has 10 heteroatoms. The quantitative estimate of drug-likeness (QED) is 0.160. The summed E-state index contributed by atoms with van der Waals surface area (Å²) in [4.78, 5) is 29.2. The van der Waals surface area contributed by atoms with Gasteiger partial charge < -0.3 is 4.74 Å². The lowest BCUT2D eigenvalue weighted by atomic mass is 10.1. The molecule has 1 aromatic carbocycles. The van der Waals surface area contributed by atoms with Gasteiger partial charge in [0.25, 0.3) is 5.91 Å². The highest BCUT2D eigenvalue weighted by molar-refractivity contribution is 7.99. The van der Waals surface area contributed by atoms with E-state index in [1.807, 2.05) is 6.07 Å². The Balaban J connectivity index is 1.62. The van der Waals surface area contributed by atoms with E-state index < -0.39 is 11.9 Å². The predicted octanol–water partition coefficient (Wildman–Crippen LogP) is 5.11. The highest BCUT2D eigenvalue weighted by Gasteiger charge is 2.14. The molecule has 1 amide bonds. The van der Waals surface area contributed by atoms with Crippen LogP contribution in [0.3, 0.4) is 0 Å². The van der Waals surface area contributed by atoms with Crippen LogP contribution in [0.2, 0.25) is 0 Å². The summed E-state index contributed by atoms with van der Waals surface area (Å²) in [7, 11) is 0. The predicted molar refractivity (Wildman–Crippen MR) is 123 cm³/mol. The molecule has 0 fully saturated rings. The molecular weight excluding hydrogens is 452 g/mol. The van der Waals surface area contributed by atoms with Crippen molar-refractivity contribution in [2.75, 3.05) is 11.1 Å². The lowest BCUT2D eigenvalue weighted by molar-refractivity contribution is -0.112. The third-order valence-electron chi connectivity index (χ3n) is 3.66. The minimum absolute atomic E-state index is 0.0742. The van der Waals surface area contributed by atoms with Crippen LogP contribution in [0.25, 0.3) is 6.08 Å². The maximum absolute atomic E-state index is 12.4. The highest BCUT2D eigenvalue weighted by atomic mass is 32.2. The van der Waals surface area contributed by atoms with Gasteiger partial charge in [0.1, 0.15) is 22.3 Å². The summed E-state index contributed by atoms with van der Waals surface area (Å²) >= 11 is 3.89. The number of nitriles is 1. The van der Waals surface area contributed by atoms with Crippen LogP contribution in [-0.4, -0.2) is 27.0 Å². The number of nitrogens with one attached hydrogen (secondary N) is 1. The van der Waals surface area contributed by atoms with E-state index in [0.717, 1.165) is 17.3 Å². The molecule has 3 aromatic rings. The van der Waals surface area contributed by atoms with Gasteiger partial charge >= 0.3 is 5.97 Å². The summed E-state index contributed by atoms with van der Waals surface area (Å²) in [6, 6.07) is 11.9. The fourth-order valence-electron chi connectivity index (χ4n) is 2.22. The first kappa shape index (κ1) is 22.7. The van der Waals surface area contributed by atoms with Crippen molar-refractivity contribution in [2.45, 2.75) is 19.0 Å². The zero-order chi connectivity index (χ0) is 22.2. The van der Waals surface area contributed by atoms with Gasteiger partial charge in [0.2, 0.25) is 10.3 Å². The van der Waals surface area contributed by atoms with E-state index >= 15 is 0 Å². The normalized spacial score (nSPS) is 11.2. The van der Waals surface area contributed by atoms with E-state index in [1.165, 1.54) is 29.2 Å². The van der Waals surface area contributed by atoms with Crippen LogP contribution in [0, 0.1) is 17.2 Å². The average Bonchev–Trinajstić information content (AvgIpc) is 3.44. The van der Waals surface area contributed by atoms with E-state index in [0.29, 0.717) is 32.4 Å². The third-order valence-corrected chi connectivity index (χ3v) is 6.53. The molecule has 2 aromatic heterocycles. The Morgan fingerprint density at radius 1 is 1.29 bits per heavy atom. The van der Waals surface area contributed by atoms with E-state index in [2.05, 4.69) is 28.5 Å². The lowest BCUT2D eigenvalue weighted by Gasteiger charge is -2.03. The number of amides is 1. The Morgan fingerprint density at radius 3 is 2.71 bits per heavy atom. The van der Waals surface area contributed by atoms with Crippen LogP contribution in [0.5, 0.6) is 5.75 Å². The molecular formula is C21H18N4O3S3. The first-order valence-corrected chi connectivity index (χ1v) is 11.8. The summed E-state index contributed by atoms with van der Waals surface area (Å²) in [5.41, 5.74) is 0.544. The number of hydrogen-bond donors (Lipinski definition) is 1. The van der Waals surface area contributed by atoms with Gasteiger partial charge in [-0.25, -0.2) is 4.79 Å². The van der Waals surface area contributed by atoms with Gasteiger partial charge in [-0.05, 0) is 41.1 Å². The summed E-state index contributed by atoms with van der Waals surface area (Å²) < 4.78 is 9.50. The number of rotatable bonds is 8. The number of ether oxygens (including phenoxy) is 1. The summed E-state index contributed by atoms with van der Waals surface area (Å²) in [6.07, 6.45) is 1.45. The van der Waals surface area contributed by atoms with E-state index in [-0.39, 0.29) is 5.57 Å². The molecule has 3 rings (SSSR count). The SMILES string of the molecule is CC(C)CSc1nsc(NC(=O)C(C#N)=Cc2ccc(OC(=O)c3cccs3)cc2)n1. The molecule has 1 N–H and O–H groups in total. The molecule has 0 aliphatic rings. The summed E-state index contributed by atoms with van der Waals surface area (Å²) in [5, 5.41) is 14.7. The molecule has 0 saturated heterocycles. The smallest absolute Gasteiger partial charge is 0.353 e. The third kappa shape index (κ3) is 6.75. The second-order valence-corrected chi connectivity index (χ2v) is 9.33. The van der Waals surface area contributed by atoms with Crippen molar-refractivity contribution >= 4 is 57.7 Å².